The van der Waals surface area contributed by atoms with E-state index in [2.05, 4.69) is 45.1 Å². The molecule has 2 nitrogen and oxygen atoms in total. The molecule has 2 heteroatoms. The van der Waals surface area contributed by atoms with Gasteiger partial charge in [0, 0.05) is 18.2 Å². The Hall–Kier alpha value is -1.02. The molecular weight excluding hydrogens is 186 g/mol. The smallest absolute Gasteiger partial charge is 0.126 e. The first-order chi connectivity index (χ1) is 7.04. The zero-order valence-corrected chi connectivity index (χ0v) is 10.3. The summed E-state index contributed by atoms with van der Waals surface area (Å²) < 4.78 is 5.42. The van der Waals surface area contributed by atoms with E-state index in [0.717, 1.165) is 12.3 Å². The largest absolute Gasteiger partial charge is 0.496 e. The lowest BCUT2D eigenvalue weighted by Crippen LogP contribution is -2.22. The highest BCUT2D eigenvalue weighted by Gasteiger charge is 2.07. The van der Waals surface area contributed by atoms with Crippen LogP contribution in [0.2, 0.25) is 0 Å². The predicted molar refractivity (Wildman–Crippen MR) is 64.4 cm³/mol. The van der Waals surface area contributed by atoms with Gasteiger partial charge in [0.2, 0.25) is 0 Å². The molecular formula is C13H21NO. The van der Waals surface area contributed by atoms with Crippen molar-refractivity contribution in [2.75, 3.05) is 7.11 Å². The third-order valence-electron chi connectivity index (χ3n) is 2.40. The molecule has 1 aromatic rings. The van der Waals surface area contributed by atoms with Crippen LogP contribution in [0.4, 0.5) is 0 Å². The van der Waals surface area contributed by atoms with Crippen molar-refractivity contribution in [3.05, 3.63) is 28.8 Å². The summed E-state index contributed by atoms with van der Waals surface area (Å²) in [5.41, 5.74) is 3.73. The van der Waals surface area contributed by atoms with Gasteiger partial charge >= 0.3 is 0 Å². The summed E-state index contributed by atoms with van der Waals surface area (Å²) in [4.78, 5) is 0. The molecule has 1 aromatic carbocycles. The number of rotatable bonds is 4. The predicted octanol–water partition coefficient (Wildman–Crippen LogP) is 2.81. The fraction of sp³-hybridized carbons (Fsp3) is 0.538. The minimum Gasteiger partial charge on any atom is -0.496 e. The number of benzene rings is 1. The molecule has 0 atom stereocenters. The summed E-state index contributed by atoms with van der Waals surface area (Å²) in [6, 6.07) is 4.83. The van der Waals surface area contributed by atoms with Gasteiger partial charge in [0.05, 0.1) is 7.11 Å². The fourth-order valence-electron chi connectivity index (χ4n) is 1.78. The van der Waals surface area contributed by atoms with E-state index in [9.17, 15) is 0 Å². The Balaban J connectivity index is 2.93. The Kier molecular flexibility index (Phi) is 4.15. The normalized spacial score (nSPS) is 10.8. The van der Waals surface area contributed by atoms with E-state index in [1.165, 1.54) is 16.7 Å². The average molecular weight is 207 g/mol. The van der Waals surface area contributed by atoms with Crippen LogP contribution in [-0.4, -0.2) is 13.2 Å². The van der Waals surface area contributed by atoms with Crippen LogP contribution in [0, 0.1) is 13.8 Å². The van der Waals surface area contributed by atoms with Gasteiger partial charge in [-0.05, 0) is 19.4 Å². The van der Waals surface area contributed by atoms with Gasteiger partial charge in [0.15, 0.2) is 0 Å². The van der Waals surface area contributed by atoms with Crippen LogP contribution in [0.25, 0.3) is 0 Å². The minimum absolute atomic E-state index is 0.496. The molecule has 0 bridgehead atoms. The topological polar surface area (TPSA) is 21.3 Å². The summed E-state index contributed by atoms with van der Waals surface area (Å²) in [7, 11) is 1.73. The van der Waals surface area contributed by atoms with E-state index in [-0.39, 0.29) is 0 Å². The fourth-order valence-corrected chi connectivity index (χ4v) is 1.78. The molecule has 0 heterocycles. The van der Waals surface area contributed by atoms with Gasteiger partial charge in [-0.1, -0.05) is 31.5 Å². The first-order valence-corrected chi connectivity index (χ1v) is 5.42. The zero-order valence-electron chi connectivity index (χ0n) is 10.3. The highest BCUT2D eigenvalue weighted by Crippen LogP contribution is 2.24. The molecule has 0 aliphatic heterocycles. The van der Waals surface area contributed by atoms with E-state index >= 15 is 0 Å². The van der Waals surface area contributed by atoms with Gasteiger partial charge < -0.3 is 10.1 Å². The summed E-state index contributed by atoms with van der Waals surface area (Å²) in [5.74, 6) is 1.01. The molecule has 15 heavy (non-hydrogen) atoms. The number of hydrogen-bond donors (Lipinski definition) is 1. The summed E-state index contributed by atoms with van der Waals surface area (Å²) in [5, 5.41) is 3.41. The minimum atomic E-state index is 0.496. The van der Waals surface area contributed by atoms with Gasteiger partial charge in [-0.2, -0.15) is 0 Å². The van der Waals surface area contributed by atoms with Crippen LogP contribution in [-0.2, 0) is 6.54 Å². The maximum Gasteiger partial charge on any atom is 0.126 e. The molecule has 0 saturated carbocycles. The van der Waals surface area contributed by atoms with Crippen molar-refractivity contribution in [1.29, 1.82) is 0 Å². The van der Waals surface area contributed by atoms with E-state index in [0.29, 0.717) is 6.04 Å². The van der Waals surface area contributed by atoms with Crippen LogP contribution in [0.1, 0.15) is 30.5 Å². The summed E-state index contributed by atoms with van der Waals surface area (Å²) in [6.45, 7) is 9.36. The first kappa shape index (κ1) is 12.1. The van der Waals surface area contributed by atoms with E-state index in [4.69, 9.17) is 4.74 Å². The lowest BCUT2D eigenvalue weighted by molar-refractivity contribution is 0.403. The second kappa shape index (κ2) is 5.17. The van der Waals surface area contributed by atoms with Crippen LogP contribution >= 0.6 is 0 Å². The zero-order chi connectivity index (χ0) is 11.4. The quantitative estimate of drug-likeness (QED) is 0.819. The highest BCUT2D eigenvalue weighted by atomic mass is 16.5. The van der Waals surface area contributed by atoms with Crippen LogP contribution in [0.5, 0.6) is 5.75 Å². The standard InChI is InChI=1S/C13H21NO/c1-9(2)14-8-12-7-10(3)6-11(4)13(12)15-5/h6-7,9,14H,8H2,1-5H3. The van der Waals surface area contributed by atoms with Gasteiger partial charge in [0.1, 0.15) is 5.75 Å². The highest BCUT2D eigenvalue weighted by molar-refractivity contribution is 5.43. The molecule has 0 aliphatic rings. The van der Waals surface area contributed by atoms with Crippen molar-refractivity contribution in [3.8, 4) is 5.75 Å². The Labute approximate surface area is 92.6 Å². The molecule has 1 rings (SSSR count). The third kappa shape index (κ3) is 3.24. The molecule has 0 aliphatic carbocycles. The third-order valence-corrected chi connectivity index (χ3v) is 2.40. The van der Waals surface area contributed by atoms with Crippen molar-refractivity contribution in [3.63, 3.8) is 0 Å². The molecule has 84 valence electrons. The molecule has 0 unspecified atom stereocenters. The average Bonchev–Trinajstić information content (AvgIpc) is 2.13. The van der Waals surface area contributed by atoms with E-state index in [1.807, 2.05) is 0 Å². The van der Waals surface area contributed by atoms with E-state index in [1.54, 1.807) is 7.11 Å². The van der Waals surface area contributed by atoms with Gasteiger partial charge in [-0.3, -0.25) is 0 Å². The van der Waals surface area contributed by atoms with Crippen molar-refractivity contribution in [2.24, 2.45) is 0 Å². The SMILES string of the molecule is COc1c(C)cc(C)cc1CNC(C)C. The second-order valence-corrected chi connectivity index (χ2v) is 4.31. The molecule has 0 saturated heterocycles. The summed E-state index contributed by atoms with van der Waals surface area (Å²) >= 11 is 0. The number of methoxy groups -OCH3 is 1. The first-order valence-electron chi connectivity index (χ1n) is 5.42. The molecule has 0 radical (unpaired) electrons. The maximum atomic E-state index is 5.42. The Bertz CT molecular complexity index is 332. The molecule has 0 fully saturated rings. The molecule has 0 spiro atoms. The van der Waals surface area contributed by atoms with Crippen LogP contribution in [0.3, 0.4) is 0 Å². The van der Waals surface area contributed by atoms with Crippen molar-refractivity contribution in [2.45, 2.75) is 40.3 Å². The Morgan fingerprint density at radius 2 is 1.93 bits per heavy atom. The van der Waals surface area contributed by atoms with Gasteiger partial charge in [-0.25, -0.2) is 0 Å². The lowest BCUT2D eigenvalue weighted by atomic mass is 10.1. The van der Waals surface area contributed by atoms with Gasteiger partial charge in [0.25, 0.3) is 0 Å². The van der Waals surface area contributed by atoms with Crippen LogP contribution < -0.4 is 10.1 Å². The second-order valence-electron chi connectivity index (χ2n) is 4.31. The molecule has 1 N–H and O–H groups in total. The number of hydrogen-bond acceptors (Lipinski definition) is 2. The van der Waals surface area contributed by atoms with Crippen molar-refractivity contribution in [1.82, 2.24) is 5.32 Å². The maximum absolute atomic E-state index is 5.42. The lowest BCUT2D eigenvalue weighted by Gasteiger charge is -2.14. The summed E-state index contributed by atoms with van der Waals surface area (Å²) in [6.07, 6.45) is 0. The van der Waals surface area contributed by atoms with Crippen LogP contribution in [0.15, 0.2) is 12.1 Å². The van der Waals surface area contributed by atoms with Crippen molar-refractivity contribution < 1.29 is 4.74 Å². The Morgan fingerprint density at radius 1 is 1.27 bits per heavy atom. The van der Waals surface area contributed by atoms with E-state index < -0.39 is 0 Å². The van der Waals surface area contributed by atoms with Crippen molar-refractivity contribution >= 4 is 0 Å². The number of ether oxygens (including phenoxy) is 1. The molecule has 0 aromatic heterocycles. The Morgan fingerprint density at radius 3 is 2.47 bits per heavy atom. The molecule has 0 amide bonds. The number of aryl methyl sites for hydroxylation is 2. The number of nitrogens with one attached hydrogen (secondary N) is 1. The van der Waals surface area contributed by atoms with Gasteiger partial charge in [-0.15, -0.1) is 0 Å². The monoisotopic (exact) mass is 207 g/mol.